The van der Waals surface area contributed by atoms with E-state index < -0.39 is 10.1 Å². The Kier molecular flexibility index (Phi) is 2.49. The Morgan fingerprint density at radius 1 is 1.38 bits per heavy atom. The number of carbonyl (C=O) groups excluding carboxylic acids is 1. The summed E-state index contributed by atoms with van der Waals surface area (Å²) in [7, 11) is -4.31. The average molecular weight is 200 g/mol. The van der Waals surface area contributed by atoms with Gasteiger partial charge in [-0.15, -0.1) is 0 Å². The number of rotatable bonds is 2. The summed E-state index contributed by atoms with van der Waals surface area (Å²) in [6.07, 6.45) is 0.399. The van der Waals surface area contributed by atoms with Gasteiger partial charge in [0.05, 0.1) is 0 Å². The Hall–Kier alpha value is -1.20. The number of aldehydes is 1. The van der Waals surface area contributed by atoms with Crippen molar-refractivity contribution in [3.63, 3.8) is 0 Å². The summed E-state index contributed by atoms with van der Waals surface area (Å²) in [5.41, 5.74) is 0.328. The fourth-order valence-electron chi connectivity index (χ4n) is 1.12. The Balaban J connectivity index is 3.59. The molecule has 0 unspecified atom stereocenters. The van der Waals surface area contributed by atoms with Crippen LogP contribution in [0.5, 0.6) is 0 Å². The zero-order valence-corrected chi connectivity index (χ0v) is 7.71. The van der Waals surface area contributed by atoms with Crippen molar-refractivity contribution in [2.24, 2.45) is 0 Å². The van der Waals surface area contributed by atoms with Crippen LogP contribution >= 0.6 is 0 Å². The summed E-state index contributed by atoms with van der Waals surface area (Å²) < 4.78 is 30.5. The third-order valence-electron chi connectivity index (χ3n) is 1.63. The van der Waals surface area contributed by atoms with Gasteiger partial charge in [-0.25, -0.2) is 0 Å². The lowest BCUT2D eigenvalue weighted by Crippen LogP contribution is -2.04. The van der Waals surface area contributed by atoms with E-state index in [9.17, 15) is 13.2 Å². The largest absolute Gasteiger partial charge is 0.298 e. The van der Waals surface area contributed by atoms with Gasteiger partial charge < -0.3 is 0 Å². The predicted octanol–water partition coefficient (Wildman–Crippen LogP) is 1.05. The van der Waals surface area contributed by atoms with Crippen molar-refractivity contribution < 1.29 is 17.8 Å². The standard InChI is InChI=1S/C8H8O4S/c1-6-3-2-4-7(5-9)8(6)13(10,11)12/h2-5H,1H3,(H,10,11,12). The van der Waals surface area contributed by atoms with E-state index in [4.69, 9.17) is 4.55 Å². The zero-order valence-electron chi connectivity index (χ0n) is 6.89. The van der Waals surface area contributed by atoms with Gasteiger partial charge in [0.25, 0.3) is 10.1 Å². The summed E-state index contributed by atoms with van der Waals surface area (Å²) in [5, 5.41) is 0. The van der Waals surface area contributed by atoms with Crippen molar-refractivity contribution in [1.29, 1.82) is 0 Å². The number of hydrogen-bond donors (Lipinski definition) is 1. The van der Waals surface area contributed by atoms with Crippen molar-refractivity contribution in [3.05, 3.63) is 29.3 Å². The van der Waals surface area contributed by atoms with Gasteiger partial charge in [0.15, 0.2) is 6.29 Å². The van der Waals surface area contributed by atoms with Crippen LogP contribution < -0.4 is 0 Å². The van der Waals surface area contributed by atoms with E-state index in [0.29, 0.717) is 11.8 Å². The maximum atomic E-state index is 10.8. The number of hydrogen-bond acceptors (Lipinski definition) is 3. The van der Waals surface area contributed by atoms with E-state index in [1.807, 2.05) is 0 Å². The molecule has 5 heteroatoms. The van der Waals surface area contributed by atoms with Gasteiger partial charge in [0, 0.05) is 5.56 Å². The first-order valence-electron chi connectivity index (χ1n) is 3.49. The van der Waals surface area contributed by atoms with Gasteiger partial charge in [-0.1, -0.05) is 18.2 Å². The van der Waals surface area contributed by atoms with Crippen LogP contribution in [-0.2, 0) is 10.1 Å². The van der Waals surface area contributed by atoms with E-state index in [0.717, 1.165) is 0 Å². The maximum absolute atomic E-state index is 10.8. The zero-order chi connectivity index (χ0) is 10.1. The molecule has 1 rings (SSSR count). The SMILES string of the molecule is Cc1cccc(C=O)c1S(=O)(=O)O. The molecule has 0 atom stereocenters. The third kappa shape index (κ3) is 1.93. The topological polar surface area (TPSA) is 71.4 Å². The lowest BCUT2D eigenvalue weighted by Gasteiger charge is -2.03. The highest BCUT2D eigenvalue weighted by atomic mass is 32.2. The quantitative estimate of drug-likeness (QED) is 0.572. The number of benzene rings is 1. The number of aryl methyl sites for hydroxylation is 1. The monoisotopic (exact) mass is 200 g/mol. The molecule has 0 aromatic heterocycles. The highest BCUT2D eigenvalue weighted by molar-refractivity contribution is 7.86. The average Bonchev–Trinajstić information content (AvgIpc) is 2.01. The molecule has 4 nitrogen and oxygen atoms in total. The molecule has 0 saturated carbocycles. The summed E-state index contributed by atoms with van der Waals surface area (Å²) in [6.45, 7) is 1.51. The summed E-state index contributed by atoms with van der Waals surface area (Å²) in [4.78, 5) is 10.1. The number of carbonyl (C=O) groups is 1. The molecule has 0 heterocycles. The highest BCUT2D eigenvalue weighted by Gasteiger charge is 2.17. The van der Waals surface area contributed by atoms with Gasteiger partial charge in [-0.2, -0.15) is 8.42 Å². The van der Waals surface area contributed by atoms with E-state index in [1.165, 1.54) is 19.1 Å². The second kappa shape index (κ2) is 3.27. The van der Waals surface area contributed by atoms with Crippen LogP contribution in [0, 0.1) is 6.92 Å². The second-order valence-electron chi connectivity index (χ2n) is 2.59. The Bertz CT molecular complexity index is 433. The van der Waals surface area contributed by atoms with Crippen LogP contribution in [0.2, 0.25) is 0 Å². The molecule has 0 amide bonds. The molecule has 0 aliphatic rings. The van der Waals surface area contributed by atoms with Crippen molar-refractivity contribution in [3.8, 4) is 0 Å². The van der Waals surface area contributed by atoms with Crippen molar-refractivity contribution in [1.82, 2.24) is 0 Å². The van der Waals surface area contributed by atoms with Gasteiger partial charge in [0.2, 0.25) is 0 Å². The molecule has 70 valence electrons. The molecule has 0 bridgehead atoms. The first-order valence-corrected chi connectivity index (χ1v) is 4.93. The van der Waals surface area contributed by atoms with Crippen molar-refractivity contribution >= 4 is 16.4 Å². The summed E-state index contributed by atoms with van der Waals surface area (Å²) in [6, 6.07) is 4.40. The van der Waals surface area contributed by atoms with E-state index >= 15 is 0 Å². The van der Waals surface area contributed by atoms with Crippen molar-refractivity contribution in [2.75, 3.05) is 0 Å². The maximum Gasteiger partial charge on any atom is 0.295 e. The summed E-state index contributed by atoms with van der Waals surface area (Å²) >= 11 is 0. The molecule has 0 spiro atoms. The molecule has 0 fully saturated rings. The molecule has 0 aliphatic heterocycles. The van der Waals surface area contributed by atoms with Crippen LogP contribution in [0.4, 0.5) is 0 Å². The van der Waals surface area contributed by atoms with Crippen LogP contribution in [0.3, 0.4) is 0 Å². The predicted molar refractivity (Wildman–Crippen MR) is 46.4 cm³/mol. The molecule has 0 saturated heterocycles. The van der Waals surface area contributed by atoms with Crippen LogP contribution in [-0.4, -0.2) is 19.3 Å². The molecule has 1 aromatic carbocycles. The van der Waals surface area contributed by atoms with Gasteiger partial charge in [-0.3, -0.25) is 9.35 Å². The van der Waals surface area contributed by atoms with Crippen LogP contribution in [0.15, 0.2) is 23.1 Å². The highest BCUT2D eigenvalue weighted by Crippen LogP contribution is 2.17. The fourth-order valence-corrected chi connectivity index (χ4v) is 2.01. The van der Waals surface area contributed by atoms with Gasteiger partial charge in [-0.05, 0) is 12.5 Å². The molecule has 1 N–H and O–H groups in total. The van der Waals surface area contributed by atoms with Crippen LogP contribution in [0.25, 0.3) is 0 Å². The summed E-state index contributed by atoms with van der Waals surface area (Å²) in [5.74, 6) is 0. The van der Waals surface area contributed by atoms with Crippen molar-refractivity contribution in [2.45, 2.75) is 11.8 Å². The molecule has 0 aliphatic carbocycles. The van der Waals surface area contributed by atoms with E-state index in [2.05, 4.69) is 0 Å². The molecular formula is C8H8O4S. The molecule has 13 heavy (non-hydrogen) atoms. The molecule has 1 aromatic rings. The Labute approximate surface area is 76.0 Å². The van der Waals surface area contributed by atoms with E-state index in [-0.39, 0.29) is 10.5 Å². The molecule has 0 radical (unpaired) electrons. The minimum absolute atomic E-state index is 0.0255. The van der Waals surface area contributed by atoms with Gasteiger partial charge in [0.1, 0.15) is 4.90 Å². The smallest absolute Gasteiger partial charge is 0.295 e. The van der Waals surface area contributed by atoms with Gasteiger partial charge >= 0.3 is 0 Å². The fraction of sp³-hybridized carbons (Fsp3) is 0.125. The van der Waals surface area contributed by atoms with Crippen LogP contribution in [0.1, 0.15) is 15.9 Å². The van der Waals surface area contributed by atoms with E-state index in [1.54, 1.807) is 6.07 Å². The minimum Gasteiger partial charge on any atom is -0.298 e. The first kappa shape index (κ1) is 9.88. The minimum atomic E-state index is -4.31. The Morgan fingerprint density at radius 3 is 2.38 bits per heavy atom. The third-order valence-corrected chi connectivity index (χ3v) is 2.70. The Morgan fingerprint density at radius 2 is 2.00 bits per heavy atom. The first-order chi connectivity index (χ1) is 5.96. The second-order valence-corrected chi connectivity index (χ2v) is 3.94. The molecular weight excluding hydrogens is 192 g/mol. The lowest BCUT2D eigenvalue weighted by atomic mass is 10.1. The normalized spacial score (nSPS) is 11.2. The lowest BCUT2D eigenvalue weighted by molar-refractivity contribution is 0.112.